The van der Waals surface area contributed by atoms with Crippen molar-refractivity contribution in [1.82, 2.24) is 9.97 Å². The number of fused-ring (bicyclic) bond motifs is 1. The molecule has 2 aromatic rings. The van der Waals surface area contributed by atoms with Crippen LogP contribution < -0.4 is 11.2 Å². The summed E-state index contributed by atoms with van der Waals surface area (Å²) in [7, 11) is 0. The van der Waals surface area contributed by atoms with Crippen molar-refractivity contribution in [2.75, 3.05) is 6.61 Å². The van der Waals surface area contributed by atoms with Crippen LogP contribution in [-0.4, -0.2) is 38.3 Å². The van der Waals surface area contributed by atoms with Gasteiger partial charge in [-0.2, -0.15) is 5.26 Å². The van der Waals surface area contributed by atoms with E-state index in [2.05, 4.69) is 4.99 Å². The molecule has 0 aliphatic carbocycles. The number of hydrogen-bond acceptors (Lipinski definition) is 9. The van der Waals surface area contributed by atoms with E-state index in [4.69, 9.17) is 4.74 Å². The molecule has 1 aromatic heterocycles. The van der Waals surface area contributed by atoms with E-state index in [1.165, 1.54) is 13.0 Å². The Kier molecular flexibility index (Phi) is 4.80. The van der Waals surface area contributed by atoms with Crippen LogP contribution in [0.1, 0.15) is 23.6 Å². The van der Waals surface area contributed by atoms with Crippen LogP contribution >= 0.6 is 0 Å². The number of esters is 1. The minimum atomic E-state index is -1.02. The van der Waals surface area contributed by atoms with Crippen molar-refractivity contribution in [3.05, 3.63) is 71.4 Å². The smallest absolute Gasteiger partial charge is 0.351 e. The zero-order valence-electron chi connectivity index (χ0n) is 14.7. The summed E-state index contributed by atoms with van der Waals surface area (Å²) >= 11 is 0. The molecule has 0 saturated heterocycles. The Balaban J connectivity index is 2.39. The van der Waals surface area contributed by atoms with Gasteiger partial charge in [-0.3, -0.25) is 24.9 Å². The fraction of sp³-hybridized carbons (Fsp3) is 0.118. The molecule has 0 amide bonds. The second-order valence-corrected chi connectivity index (χ2v) is 5.64. The molecule has 146 valence electrons. The van der Waals surface area contributed by atoms with Gasteiger partial charge in [0, 0.05) is 23.3 Å². The third-order valence-corrected chi connectivity index (χ3v) is 3.94. The molecular formula is C17H11N5O7. The topological polar surface area (TPSA) is 192 Å². The highest BCUT2D eigenvalue weighted by atomic mass is 16.6. The number of benzene rings is 1. The fourth-order valence-corrected chi connectivity index (χ4v) is 2.75. The van der Waals surface area contributed by atoms with Gasteiger partial charge in [-0.1, -0.05) is 0 Å². The lowest BCUT2D eigenvalue weighted by molar-refractivity contribution is -0.384. The predicted octanol–water partition coefficient (Wildman–Crippen LogP) is 0.326. The largest absolute Gasteiger partial charge is 0.494 e. The van der Waals surface area contributed by atoms with Crippen molar-refractivity contribution < 1.29 is 19.6 Å². The number of carbonyl (C=O) groups is 1. The van der Waals surface area contributed by atoms with Crippen LogP contribution in [0.15, 0.2) is 38.4 Å². The molecule has 3 N–H and O–H groups in total. The van der Waals surface area contributed by atoms with Gasteiger partial charge >= 0.3 is 11.7 Å². The summed E-state index contributed by atoms with van der Waals surface area (Å²) in [5.74, 6) is -1.80. The quantitative estimate of drug-likeness (QED) is 0.216. The van der Waals surface area contributed by atoms with Crippen molar-refractivity contribution >= 4 is 23.1 Å². The fourth-order valence-electron chi connectivity index (χ4n) is 2.75. The molecule has 2 heterocycles. The molecule has 0 saturated carbocycles. The zero-order valence-corrected chi connectivity index (χ0v) is 14.7. The second-order valence-electron chi connectivity index (χ2n) is 5.64. The summed E-state index contributed by atoms with van der Waals surface area (Å²) in [6.45, 7) is 1.53. The number of aromatic hydroxyl groups is 1. The molecule has 0 unspecified atom stereocenters. The summed E-state index contributed by atoms with van der Waals surface area (Å²) in [6, 6.07) is 5.14. The monoisotopic (exact) mass is 397 g/mol. The molecular weight excluding hydrogens is 386 g/mol. The average Bonchev–Trinajstić information content (AvgIpc) is 3.00. The summed E-state index contributed by atoms with van der Waals surface area (Å²) < 4.78 is 4.83. The van der Waals surface area contributed by atoms with E-state index in [9.17, 15) is 34.9 Å². The normalized spacial score (nSPS) is 13.9. The molecule has 0 radical (unpaired) electrons. The van der Waals surface area contributed by atoms with Gasteiger partial charge < -0.3 is 9.84 Å². The van der Waals surface area contributed by atoms with E-state index in [-0.39, 0.29) is 34.8 Å². The summed E-state index contributed by atoms with van der Waals surface area (Å²) in [4.78, 5) is 54.2. The maximum atomic E-state index is 12.2. The molecule has 1 aliphatic rings. The third-order valence-electron chi connectivity index (χ3n) is 3.94. The number of aromatic amines is 2. The average molecular weight is 397 g/mol. The first-order chi connectivity index (χ1) is 13.8. The number of carbonyl (C=O) groups excluding carboxylic acids is 1. The Morgan fingerprint density at radius 3 is 2.66 bits per heavy atom. The first kappa shape index (κ1) is 19.2. The predicted molar refractivity (Wildman–Crippen MR) is 97.2 cm³/mol. The zero-order chi connectivity index (χ0) is 21.3. The van der Waals surface area contributed by atoms with Crippen LogP contribution in [0.4, 0.5) is 5.69 Å². The van der Waals surface area contributed by atoms with Gasteiger partial charge in [0.1, 0.15) is 11.6 Å². The Morgan fingerprint density at radius 2 is 2.07 bits per heavy atom. The number of aliphatic imine (C=N–C) groups is 1. The first-order valence-electron chi connectivity index (χ1n) is 8.03. The molecule has 29 heavy (non-hydrogen) atoms. The van der Waals surface area contributed by atoms with E-state index in [0.717, 1.165) is 12.1 Å². The molecule has 1 aromatic carbocycles. The lowest BCUT2D eigenvalue weighted by Gasteiger charge is -2.05. The molecule has 0 atom stereocenters. The van der Waals surface area contributed by atoms with Crippen molar-refractivity contribution in [3.8, 4) is 11.9 Å². The van der Waals surface area contributed by atoms with Gasteiger partial charge in [0.05, 0.1) is 22.9 Å². The first-order valence-corrected chi connectivity index (χ1v) is 8.03. The van der Waals surface area contributed by atoms with Crippen molar-refractivity contribution in [3.63, 3.8) is 0 Å². The van der Waals surface area contributed by atoms with Crippen LogP contribution in [0, 0.1) is 21.4 Å². The number of rotatable bonds is 4. The van der Waals surface area contributed by atoms with Crippen molar-refractivity contribution in [2.45, 2.75) is 6.92 Å². The van der Waals surface area contributed by atoms with E-state index in [1.807, 2.05) is 9.97 Å². The van der Waals surface area contributed by atoms with E-state index < -0.39 is 39.2 Å². The van der Waals surface area contributed by atoms with Gasteiger partial charge in [-0.15, -0.1) is 0 Å². The molecule has 0 fully saturated rings. The molecule has 0 spiro atoms. The standard InChI is InChI=1S/C17H11N5O7/c1-2-29-16(25)10(6-18)12-8-4-3-7(22(27)28)5-9(8)13(19-12)11-14(23)20-17(26)21-15(11)24/h3-5H,2H2,1H3,(H3,20,21,23,24,26)/b12-10-. The number of non-ortho nitro benzene ring substituents is 1. The van der Waals surface area contributed by atoms with Gasteiger partial charge in [-0.25, -0.2) is 14.6 Å². The number of nitro benzene ring substituents is 1. The van der Waals surface area contributed by atoms with Gasteiger partial charge in [0.15, 0.2) is 5.57 Å². The molecule has 12 heteroatoms. The number of aromatic nitrogens is 2. The SMILES string of the molecule is CCOC(=O)/C(C#N)=C1\N=C(c2c(O)[nH]c(=O)[nH]c2=O)c2cc([N+](=O)[O-])ccc21. The Hall–Kier alpha value is -4.53. The van der Waals surface area contributed by atoms with Gasteiger partial charge in [0.2, 0.25) is 5.88 Å². The molecule has 1 aliphatic heterocycles. The minimum Gasteiger partial charge on any atom is -0.494 e. The Morgan fingerprint density at radius 1 is 1.34 bits per heavy atom. The highest BCUT2D eigenvalue weighted by Crippen LogP contribution is 2.36. The van der Waals surface area contributed by atoms with Gasteiger partial charge in [0.25, 0.3) is 11.2 Å². The van der Waals surface area contributed by atoms with Gasteiger partial charge in [-0.05, 0) is 13.0 Å². The summed E-state index contributed by atoms with van der Waals surface area (Å²) in [6.07, 6.45) is 0. The van der Waals surface area contributed by atoms with E-state index in [0.29, 0.717) is 0 Å². The van der Waals surface area contributed by atoms with Crippen LogP contribution in [0.3, 0.4) is 0 Å². The number of hydrogen-bond donors (Lipinski definition) is 3. The Labute approximate surface area is 160 Å². The van der Waals surface area contributed by atoms with E-state index >= 15 is 0 Å². The number of nitro groups is 1. The third kappa shape index (κ3) is 3.28. The molecule has 0 bridgehead atoms. The Bertz CT molecular complexity index is 1280. The second kappa shape index (κ2) is 7.24. The maximum Gasteiger partial charge on any atom is 0.351 e. The lowest BCUT2D eigenvalue weighted by atomic mass is 9.98. The van der Waals surface area contributed by atoms with Crippen molar-refractivity contribution in [1.29, 1.82) is 5.26 Å². The number of ether oxygens (including phenoxy) is 1. The highest BCUT2D eigenvalue weighted by molar-refractivity contribution is 6.23. The number of H-pyrrole nitrogens is 2. The molecule has 3 rings (SSSR count). The maximum absolute atomic E-state index is 12.2. The lowest BCUT2D eigenvalue weighted by Crippen LogP contribution is -2.27. The van der Waals surface area contributed by atoms with Crippen LogP contribution in [0.5, 0.6) is 5.88 Å². The van der Waals surface area contributed by atoms with Crippen LogP contribution in [0.25, 0.3) is 5.70 Å². The van der Waals surface area contributed by atoms with Crippen LogP contribution in [-0.2, 0) is 9.53 Å². The summed E-state index contributed by atoms with van der Waals surface area (Å²) in [5.41, 5.74) is -3.61. The molecule has 12 nitrogen and oxygen atoms in total. The number of nitrogens with one attached hydrogen (secondary N) is 2. The highest BCUT2D eigenvalue weighted by Gasteiger charge is 2.32. The number of nitrogens with zero attached hydrogens (tertiary/aromatic N) is 3. The summed E-state index contributed by atoms with van der Waals surface area (Å²) in [5, 5.41) is 30.6. The number of nitriles is 1. The van der Waals surface area contributed by atoms with Crippen molar-refractivity contribution in [2.24, 2.45) is 4.99 Å². The van der Waals surface area contributed by atoms with E-state index in [1.54, 1.807) is 6.07 Å². The van der Waals surface area contributed by atoms with Crippen LogP contribution in [0.2, 0.25) is 0 Å². The minimum absolute atomic E-state index is 0.0125.